The minimum absolute atomic E-state index is 0.595. The summed E-state index contributed by atoms with van der Waals surface area (Å²) in [5.41, 5.74) is 3.10. The molecule has 1 aliphatic heterocycles. The molecule has 2 heteroatoms. The highest BCUT2D eigenvalue weighted by atomic mass is 15.2. The van der Waals surface area contributed by atoms with Crippen LogP contribution in [0.4, 0.5) is 0 Å². The molecule has 1 aromatic rings. The Morgan fingerprint density at radius 3 is 2.83 bits per heavy atom. The quantitative estimate of drug-likeness (QED) is 0.876. The van der Waals surface area contributed by atoms with Crippen molar-refractivity contribution in [1.82, 2.24) is 10.2 Å². The molecule has 1 unspecified atom stereocenters. The molecule has 1 heterocycles. The molecule has 0 saturated carbocycles. The highest BCUT2D eigenvalue weighted by Crippen LogP contribution is 2.29. The summed E-state index contributed by atoms with van der Waals surface area (Å²) in [5.74, 6) is 0. The predicted molar refractivity (Wildman–Crippen MR) is 75.8 cm³/mol. The fourth-order valence-electron chi connectivity index (χ4n) is 3.37. The Kier molecular flexibility index (Phi) is 3.96. The Morgan fingerprint density at radius 1 is 1.11 bits per heavy atom. The van der Waals surface area contributed by atoms with E-state index in [1.54, 1.807) is 11.1 Å². The van der Waals surface area contributed by atoms with Gasteiger partial charge in [-0.05, 0) is 56.3 Å². The number of benzene rings is 1. The second kappa shape index (κ2) is 5.85. The van der Waals surface area contributed by atoms with Crippen molar-refractivity contribution in [2.45, 2.75) is 38.1 Å². The molecular formula is C16H24N2. The van der Waals surface area contributed by atoms with Gasteiger partial charge in [-0.2, -0.15) is 0 Å². The van der Waals surface area contributed by atoms with Crippen molar-refractivity contribution in [2.75, 3.05) is 26.2 Å². The third kappa shape index (κ3) is 2.76. The lowest BCUT2D eigenvalue weighted by Crippen LogP contribution is -2.33. The summed E-state index contributed by atoms with van der Waals surface area (Å²) >= 11 is 0. The monoisotopic (exact) mass is 244 g/mol. The number of nitrogens with zero attached hydrogens (tertiary/aromatic N) is 1. The van der Waals surface area contributed by atoms with Crippen LogP contribution in [-0.2, 0) is 6.42 Å². The number of likely N-dealkylation sites (tertiary alicyclic amines) is 1. The van der Waals surface area contributed by atoms with Crippen LogP contribution in [0.25, 0.3) is 0 Å². The van der Waals surface area contributed by atoms with Gasteiger partial charge in [-0.25, -0.2) is 0 Å². The molecule has 1 aromatic carbocycles. The molecule has 0 radical (unpaired) electrons. The molecule has 1 N–H and O–H groups in total. The average molecular weight is 244 g/mol. The van der Waals surface area contributed by atoms with E-state index in [2.05, 4.69) is 34.5 Å². The van der Waals surface area contributed by atoms with Gasteiger partial charge in [-0.15, -0.1) is 0 Å². The third-order valence-electron chi connectivity index (χ3n) is 4.39. The first-order chi connectivity index (χ1) is 8.93. The Balaban J connectivity index is 1.54. The first-order valence-electron chi connectivity index (χ1n) is 7.47. The lowest BCUT2D eigenvalue weighted by atomic mass is 9.88. The lowest BCUT2D eigenvalue weighted by molar-refractivity contribution is 0.322. The summed E-state index contributed by atoms with van der Waals surface area (Å²) in [6.45, 7) is 4.98. The van der Waals surface area contributed by atoms with E-state index in [9.17, 15) is 0 Å². The number of rotatable bonds is 4. The minimum atomic E-state index is 0.595. The Morgan fingerprint density at radius 2 is 1.94 bits per heavy atom. The van der Waals surface area contributed by atoms with E-state index in [0.29, 0.717) is 6.04 Å². The second-order valence-electron chi connectivity index (χ2n) is 5.65. The van der Waals surface area contributed by atoms with Gasteiger partial charge < -0.3 is 10.2 Å². The fraction of sp³-hybridized carbons (Fsp3) is 0.625. The summed E-state index contributed by atoms with van der Waals surface area (Å²) in [6, 6.07) is 9.55. The molecular weight excluding hydrogens is 220 g/mol. The smallest absolute Gasteiger partial charge is 0.0323 e. The summed E-state index contributed by atoms with van der Waals surface area (Å²) in [4.78, 5) is 2.59. The SMILES string of the molecule is c1ccc2c(c1)CCCC2NCCN1CCCC1. The highest BCUT2D eigenvalue weighted by Gasteiger charge is 2.19. The molecule has 2 nitrogen and oxygen atoms in total. The van der Waals surface area contributed by atoms with E-state index in [-0.39, 0.29) is 0 Å². The van der Waals surface area contributed by atoms with Gasteiger partial charge in [0.2, 0.25) is 0 Å². The second-order valence-corrected chi connectivity index (χ2v) is 5.65. The zero-order valence-corrected chi connectivity index (χ0v) is 11.2. The van der Waals surface area contributed by atoms with E-state index in [0.717, 1.165) is 6.54 Å². The van der Waals surface area contributed by atoms with Gasteiger partial charge in [-0.3, -0.25) is 0 Å². The van der Waals surface area contributed by atoms with Crippen molar-refractivity contribution in [3.8, 4) is 0 Å². The van der Waals surface area contributed by atoms with Crippen molar-refractivity contribution in [3.05, 3.63) is 35.4 Å². The van der Waals surface area contributed by atoms with Crippen LogP contribution in [0.15, 0.2) is 24.3 Å². The van der Waals surface area contributed by atoms with Gasteiger partial charge in [0.1, 0.15) is 0 Å². The van der Waals surface area contributed by atoms with Gasteiger partial charge in [0, 0.05) is 19.1 Å². The number of aryl methyl sites for hydroxylation is 1. The third-order valence-corrected chi connectivity index (χ3v) is 4.39. The minimum Gasteiger partial charge on any atom is -0.309 e. The van der Waals surface area contributed by atoms with Gasteiger partial charge in [0.05, 0.1) is 0 Å². The largest absolute Gasteiger partial charge is 0.309 e. The summed E-state index contributed by atoms with van der Waals surface area (Å²) in [5, 5.41) is 3.76. The number of hydrogen-bond acceptors (Lipinski definition) is 2. The summed E-state index contributed by atoms with van der Waals surface area (Å²) in [6.07, 6.45) is 6.69. The fourth-order valence-corrected chi connectivity index (χ4v) is 3.37. The van der Waals surface area contributed by atoms with Crippen LogP contribution >= 0.6 is 0 Å². The molecule has 98 valence electrons. The molecule has 1 atom stereocenters. The van der Waals surface area contributed by atoms with Crippen molar-refractivity contribution >= 4 is 0 Å². The van der Waals surface area contributed by atoms with Crippen molar-refractivity contribution in [2.24, 2.45) is 0 Å². The standard InChI is InChI=1S/C16H24N2/c1-2-8-15-14(6-1)7-5-9-16(15)17-10-13-18-11-3-4-12-18/h1-2,6,8,16-17H,3-5,7,9-13H2. The maximum atomic E-state index is 3.76. The van der Waals surface area contributed by atoms with Gasteiger partial charge in [-0.1, -0.05) is 24.3 Å². The van der Waals surface area contributed by atoms with E-state index in [4.69, 9.17) is 0 Å². The molecule has 2 aliphatic rings. The number of nitrogens with one attached hydrogen (secondary N) is 1. The molecule has 18 heavy (non-hydrogen) atoms. The summed E-state index contributed by atoms with van der Waals surface area (Å²) < 4.78 is 0. The van der Waals surface area contributed by atoms with Crippen LogP contribution in [-0.4, -0.2) is 31.1 Å². The van der Waals surface area contributed by atoms with E-state index in [1.807, 2.05) is 0 Å². The van der Waals surface area contributed by atoms with Crippen LogP contribution in [0, 0.1) is 0 Å². The molecule has 3 rings (SSSR count). The average Bonchev–Trinajstić information content (AvgIpc) is 2.92. The van der Waals surface area contributed by atoms with E-state index < -0.39 is 0 Å². The number of hydrogen-bond donors (Lipinski definition) is 1. The molecule has 0 bridgehead atoms. The maximum absolute atomic E-state index is 3.76. The van der Waals surface area contributed by atoms with Gasteiger partial charge in [0.25, 0.3) is 0 Å². The normalized spacial score (nSPS) is 24.1. The van der Waals surface area contributed by atoms with Gasteiger partial charge in [0.15, 0.2) is 0 Å². The zero-order chi connectivity index (χ0) is 12.2. The van der Waals surface area contributed by atoms with Crippen molar-refractivity contribution in [3.63, 3.8) is 0 Å². The maximum Gasteiger partial charge on any atom is 0.0323 e. The van der Waals surface area contributed by atoms with Crippen LogP contribution in [0.5, 0.6) is 0 Å². The van der Waals surface area contributed by atoms with E-state index in [1.165, 1.54) is 51.7 Å². The molecule has 0 amide bonds. The Hall–Kier alpha value is -0.860. The Bertz CT molecular complexity index is 382. The Labute approximate surface area is 110 Å². The van der Waals surface area contributed by atoms with Crippen molar-refractivity contribution in [1.29, 1.82) is 0 Å². The molecule has 0 aromatic heterocycles. The molecule has 1 aliphatic carbocycles. The summed E-state index contributed by atoms with van der Waals surface area (Å²) in [7, 11) is 0. The van der Waals surface area contributed by atoms with Crippen LogP contribution in [0.3, 0.4) is 0 Å². The lowest BCUT2D eigenvalue weighted by Gasteiger charge is -2.27. The van der Waals surface area contributed by atoms with E-state index >= 15 is 0 Å². The van der Waals surface area contributed by atoms with Crippen LogP contribution in [0.1, 0.15) is 42.9 Å². The zero-order valence-electron chi connectivity index (χ0n) is 11.2. The first kappa shape index (κ1) is 12.2. The predicted octanol–water partition coefficient (Wildman–Crippen LogP) is 2.75. The van der Waals surface area contributed by atoms with Crippen molar-refractivity contribution < 1.29 is 0 Å². The molecule has 1 saturated heterocycles. The molecule has 0 spiro atoms. The van der Waals surface area contributed by atoms with Gasteiger partial charge >= 0.3 is 0 Å². The van der Waals surface area contributed by atoms with Crippen LogP contribution < -0.4 is 5.32 Å². The highest BCUT2D eigenvalue weighted by molar-refractivity contribution is 5.32. The number of fused-ring (bicyclic) bond motifs is 1. The molecule has 1 fully saturated rings. The van der Waals surface area contributed by atoms with Crippen LogP contribution in [0.2, 0.25) is 0 Å². The topological polar surface area (TPSA) is 15.3 Å². The first-order valence-corrected chi connectivity index (χ1v) is 7.47.